The van der Waals surface area contributed by atoms with Crippen LogP contribution in [0.15, 0.2) is 0 Å². The molecule has 0 rings (SSSR count). The zero-order chi connectivity index (χ0) is 44.5. The van der Waals surface area contributed by atoms with Crippen LogP contribution >= 0.6 is 0 Å². The maximum atomic E-state index is 12.8. The molecule has 0 aromatic carbocycles. The Morgan fingerprint density at radius 2 is 0.541 bits per heavy atom. The van der Waals surface area contributed by atoms with Gasteiger partial charge in [-0.05, 0) is 25.2 Å². The molecule has 0 fully saturated rings. The predicted molar refractivity (Wildman–Crippen MR) is 261 cm³/mol. The molecular weight excluding hydrogens is 757 g/mol. The standard InChI is InChI=1S/C55H106O6/c1-5-7-9-11-13-15-16-17-18-19-20-21-22-23-27-31-35-39-43-47-54(57)60-50-52(49-59-53(56)46-42-38-34-29-14-12-10-8-6-2)61-55(58)48-44-40-36-32-28-25-24-26-30-33-37-41-45-51(3)4/h51-52H,5-50H2,1-4H3/t52-/m1/s1. The quantitative estimate of drug-likeness (QED) is 0.0344. The average Bonchev–Trinajstić information content (AvgIpc) is 3.24. The summed E-state index contributed by atoms with van der Waals surface area (Å²) in [7, 11) is 0. The number of unbranched alkanes of at least 4 members (excludes halogenated alkanes) is 37. The summed E-state index contributed by atoms with van der Waals surface area (Å²) in [5.41, 5.74) is 0. The van der Waals surface area contributed by atoms with E-state index < -0.39 is 6.10 Å². The van der Waals surface area contributed by atoms with E-state index in [4.69, 9.17) is 14.2 Å². The number of rotatable bonds is 50. The van der Waals surface area contributed by atoms with Crippen molar-refractivity contribution < 1.29 is 28.6 Å². The van der Waals surface area contributed by atoms with Gasteiger partial charge in [0.15, 0.2) is 6.10 Å². The Labute approximate surface area is 380 Å². The lowest BCUT2D eigenvalue weighted by molar-refractivity contribution is -0.167. The summed E-state index contributed by atoms with van der Waals surface area (Å²) in [5, 5.41) is 0. The summed E-state index contributed by atoms with van der Waals surface area (Å²) in [6.07, 6.45) is 52.4. The first kappa shape index (κ1) is 59.4. The summed E-state index contributed by atoms with van der Waals surface area (Å²) >= 11 is 0. The number of hydrogen-bond donors (Lipinski definition) is 0. The Morgan fingerprint density at radius 3 is 0.803 bits per heavy atom. The Balaban J connectivity index is 4.21. The van der Waals surface area contributed by atoms with Crippen molar-refractivity contribution in [3.8, 4) is 0 Å². The van der Waals surface area contributed by atoms with Gasteiger partial charge in [-0.15, -0.1) is 0 Å². The molecule has 0 spiro atoms. The molecule has 0 aromatic heterocycles. The lowest BCUT2D eigenvalue weighted by Crippen LogP contribution is -2.30. The van der Waals surface area contributed by atoms with Gasteiger partial charge in [0, 0.05) is 19.3 Å². The van der Waals surface area contributed by atoms with E-state index >= 15 is 0 Å². The smallest absolute Gasteiger partial charge is 0.306 e. The highest BCUT2D eigenvalue weighted by atomic mass is 16.6. The Bertz CT molecular complexity index is 918. The molecule has 0 saturated heterocycles. The van der Waals surface area contributed by atoms with Crippen molar-refractivity contribution in [3.05, 3.63) is 0 Å². The third kappa shape index (κ3) is 49.3. The molecule has 0 saturated carbocycles. The van der Waals surface area contributed by atoms with Crippen molar-refractivity contribution in [3.63, 3.8) is 0 Å². The molecule has 0 aromatic rings. The fourth-order valence-corrected chi connectivity index (χ4v) is 8.39. The minimum Gasteiger partial charge on any atom is -0.462 e. The third-order valence-corrected chi connectivity index (χ3v) is 12.5. The molecule has 0 N–H and O–H groups in total. The molecule has 0 aliphatic carbocycles. The first-order valence-electron chi connectivity index (χ1n) is 27.4. The highest BCUT2D eigenvalue weighted by molar-refractivity contribution is 5.71. The molecule has 0 aliphatic rings. The summed E-state index contributed by atoms with van der Waals surface area (Å²) in [4.78, 5) is 37.9. The maximum absolute atomic E-state index is 12.8. The second-order valence-electron chi connectivity index (χ2n) is 19.3. The van der Waals surface area contributed by atoms with Crippen LogP contribution in [0.3, 0.4) is 0 Å². The van der Waals surface area contributed by atoms with Crippen LogP contribution in [0.4, 0.5) is 0 Å². The Morgan fingerprint density at radius 1 is 0.311 bits per heavy atom. The van der Waals surface area contributed by atoms with E-state index in [9.17, 15) is 14.4 Å². The molecule has 6 nitrogen and oxygen atoms in total. The van der Waals surface area contributed by atoms with E-state index in [-0.39, 0.29) is 31.1 Å². The molecule has 0 unspecified atom stereocenters. The molecule has 0 radical (unpaired) electrons. The van der Waals surface area contributed by atoms with E-state index in [1.54, 1.807) is 0 Å². The van der Waals surface area contributed by atoms with Crippen molar-refractivity contribution in [1.82, 2.24) is 0 Å². The highest BCUT2D eigenvalue weighted by Gasteiger charge is 2.19. The summed E-state index contributed by atoms with van der Waals surface area (Å²) < 4.78 is 16.8. The monoisotopic (exact) mass is 863 g/mol. The topological polar surface area (TPSA) is 78.9 Å². The van der Waals surface area contributed by atoms with Gasteiger partial charge in [0.2, 0.25) is 0 Å². The van der Waals surface area contributed by atoms with Crippen LogP contribution in [0, 0.1) is 5.92 Å². The average molecular weight is 863 g/mol. The second-order valence-corrected chi connectivity index (χ2v) is 19.3. The van der Waals surface area contributed by atoms with Crippen molar-refractivity contribution in [2.75, 3.05) is 13.2 Å². The molecule has 61 heavy (non-hydrogen) atoms. The molecular formula is C55H106O6. The van der Waals surface area contributed by atoms with E-state index in [2.05, 4.69) is 27.7 Å². The van der Waals surface area contributed by atoms with Gasteiger partial charge < -0.3 is 14.2 Å². The zero-order valence-electron chi connectivity index (χ0n) is 41.6. The van der Waals surface area contributed by atoms with E-state index in [0.717, 1.165) is 63.7 Å². The molecule has 0 amide bonds. The van der Waals surface area contributed by atoms with Gasteiger partial charge in [0.1, 0.15) is 13.2 Å². The largest absolute Gasteiger partial charge is 0.462 e. The zero-order valence-corrected chi connectivity index (χ0v) is 41.6. The van der Waals surface area contributed by atoms with Gasteiger partial charge in [-0.25, -0.2) is 0 Å². The van der Waals surface area contributed by atoms with E-state index in [1.807, 2.05) is 0 Å². The minimum absolute atomic E-state index is 0.0625. The number of ether oxygens (including phenoxy) is 3. The summed E-state index contributed by atoms with van der Waals surface area (Å²) in [6, 6.07) is 0. The predicted octanol–water partition coefficient (Wildman–Crippen LogP) is 17.8. The van der Waals surface area contributed by atoms with Gasteiger partial charge in [0.25, 0.3) is 0 Å². The lowest BCUT2D eigenvalue weighted by atomic mass is 10.0. The summed E-state index contributed by atoms with van der Waals surface area (Å²) in [6.45, 7) is 9.02. The van der Waals surface area contributed by atoms with Gasteiger partial charge >= 0.3 is 17.9 Å². The van der Waals surface area contributed by atoms with Crippen LogP contribution in [0.1, 0.15) is 310 Å². The third-order valence-electron chi connectivity index (χ3n) is 12.5. The maximum Gasteiger partial charge on any atom is 0.306 e. The van der Waals surface area contributed by atoms with E-state index in [0.29, 0.717) is 19.3 Å². The normalized spacial score (nSPS) is 12.0. The van der Waals surface area contributed by atoms with Gasteiger partial charge in [0.05, 0.1) is 0 Å². The van der Waals surface area contributed by atoms with Crippen molar-refractivity contribution in [1.29, 1.82) is 0 Å². The van der Waals surface area contributed by atoms with Crippen LogP contribution in [-0.4, -0.2) is 37.2 Å². The minimum atomic E-state index is -0.760. The molecule has 1 atom stereocenters. The van der Waals surface area contributed by atoms with Crippen LogP contribution < -0.4 is 0 Å². The molecule has 0 aliphatic heterocycles. The number of carbonyl (C=O) groups excluding carboxylic acids is 3. The molecule has 6 heteroatoms. The van der Waals surface area contributed by atoms with Crippen LogP contribution in [0.5, 0.6) is 0 Å². The Kier molecular flexibility index (Phi) is 48.1. The van der Waals surface area contributed by atoms with Gasteiger partial charge in [-0.1, -0.05) is 272 Å². The molecule has 362 valence electrons. The van der Waals surface area contributed by atoms with Crippen molar-refractivity contribution >= 4 is 17.9 Å². The molecule has 0 heterocycles. The van der Waals surface area contributed by atoms with E-state index in [1.165, 1.54) is 205 Å². The van der Waals surface area contributed by atoms with Crippen molar-refractivity contribution in [2.24, 2.45) is 5.92 Å². The van der Waals surface area contributed by atoms with Crippen molar-refractivity contribution in [2.45, 2.75) is 316 Å². The Hall–Kier alpha value is -1.59. The lowest BCUT2D eigenvalue weighted by Gasteiger charge is -2.18. The highest BCUT2D eigenvalue weighted by Crippen LogP contribution is 2.17. The summed E-state index contributed by atoms with van der Waals surface area (Å²) in [5.74, 6) is -0.0117. The fraction of sp³-hybridized carbons (Fsp3) is 0.945. The van der Waals surface area contributed by atoms with Crippen LogP contribution in [-0.2, 0) is 28.6 Å². The SMILES string of the molecule is CCCCCCCCCCCCCCCCCCCCCC(=O)OC[C@@H](COC(=O)CCCCCCCCCCC)OC(=O)CCCCCCCCCCCCCCC(C)C. The van der Waals surface area contributed by atoms with Gasteiger partial charge in [-0.2, -0.15) is 0 Å². The number of hydrogen-bond acceptors (Lipinski definition) is 6. The fourth-order valence-electron chi connectivity index (χ4n) is 8.39. The second kappa shape index (κ2) is 49.4. The first-order chi connectivity index (χ1) is 29.9. The molecule has 0 bridgehead atoms. The first-order valence-corrected chi connectivity index (χ1v) is 27.4. The number of esters is 3. The van der Waals surface area contributed by atoms with Gasteiger partial charge in [-0.3, -0.25) is 14.4 Å². The van der Waals surface area contributed by atoms with Crippen LogP contribution in [0.2, 0.25) is 0 Å². The number of carbonyl (C=O) groups is 3. The van der Waals surface area contributed by atoms with Crippen LogP contribution in [0.25, 0.3) is 0 Å².